The van der Waals surface area contributed by atoms with E-state index in [1.54, 1.807) is 6.07 Å². The van der Waals surface area contributed by atoms with Gasteiger partial charge >= 0.3 is 0 Å². The Morgan fingerprint density at radius 1 is 1.38 bits per heavy atom. The molecule has 0 aliphatic carbocycles. The van der Waals surface area contributed by atoms with Gasteiger partial charge in [0.1, 0.15) is 0 Å². The Bertz CT molecular complexity index is 578. The zero-order chi connectivity index (χ0) is 16.0. The van der Waals surface area contributed by atoms with Crippen LogP contribution in [0.2, 0.25) is 0 Å². The van der Waals surface area contributed by atoms with Crippen LogP contribution < -0.4 is 10.5 Å². The number of benzene rings is 1. The average Bonchev–Trinajstić information content (AvgIpc) is 2.45. The van der Waals surface area contributed by atoms with Crippen molar-refractivity contribution in [2.75, 3.05) is 27.4 Å². The zero-order valence-electron chi connectivity index (χ0n) is 12.3. The van der Waals surface area contributed by atoms with E-state index in [1.807, 2.05) is 13.0 Å². The van der Waals surface area contributed by atoms with E-state index in [-0.39, 0.29) is 24.1 Å². The molecule has 0 radical (unpaired) electrons. The lowest BCUT2D eigenvalue weighted by atomic mass is 10.1. The first-order valence-corrected chi connectivity index (χ1v) is 8.63. The first-order chi connectivity index (χ1) is 9.85. The minimum atomic E-state index is -3.66. The first-order valence-electron chi connectivity index (χ1n) is 6.36. The predicted molar refractivity (Wildman–Crippen MR) is 84.6 cm³/mol. The van der Waals surface area contributed by atoms with Gasteiger partial charge in [0.25, 0.3) is 0 Å². The largest absolute Gasteiger partial charge is 0.382 e. The molecule has 0 aliphatic heterocycles. The highest BCUT2D eigenvalue weighted by atomic mass is 79.9. The first kappa shape index (κ1) is 18.5. The molecule has 8 heteroatoms. The van der Waals surface area contributed by atoms with Gasteiger partial charge in [-0.3, -0.25) is 0 Å². The van der Waals surface area contributed by atoms with Gasteiger partial charge in [-0.15, -0.1) is 0 Å². The molecule has 0 spiro atoms. The highest BCUT2D eigenvalue weighted by Crippen LogP contribution is 2.27. The van der Waals surface area contributed by atoms with E-state index in [1.165, 1.54) is 14.2 Å². The maximum Gasteiger partial charge on any atom is 0.241 e. The molecule has 21 heavy (non-hydrogen) atoms. The van der Waals surface area contributed by atoms with Crippen LogP contribution in [-0.2, 0) is 26.0 Å². The van der Waals surface area contributed by atoms with Crippen molar-refractivity contribution in [3.63, 3.8) is 0 Å². The highest BCUT2D eigenvalue weighted by molar-refractivity contribution is 9.10. The molecule has 3 N–H and O–H groups in total. The lowest BCUT2D eigenvalue weighted by molar-refractivity contribution is 0.0320. The summed E-state index contributed by atoms with van der Waals surface area (Å²) in [5.41, 5.74) is 7.18. The smallest absolute Gasteiger partial charge is 0.241 e. The lowest BCUT2D eigenvalue weighted by Crippen LogP contribution is -2.35. The Morgan fingerprint density at radius 2 is 2.05 bits per heavy atom. The summed E-state index contributed by atoms with van der Waals surface area (Å²) in [5, 5.41) is 0. The molecule has 0 aromatic heterocycles. The second-order valence-electron chi connectivity index (χ2n) is 4.59. The summed E-state index contributed by atoms with van der Waals surface area (Å²) in [5.74, 6) is 0. The molecule has 0 saturated heterocycles. The van der Waals surface area contributed by atoms with Gasteiger partial charge in [0.2, 0.25) is 10.0 Å². The van der Waals surface area contributed by atoms with E-state index >= 15 is 0 Å². The van der Waals surface area contributed by atoms with E-state index in [4.69, 9.17) is 15.2 Å². The van der Waals surface area contributed by atoms with Crippen LogP contribution in [0.3, 0.4) is 0 Å². The molecular weight excluding hydrogens is 360 g/mol. The molecule has 1 unspecified atom stereocenters. The van der Waals surface area contributed by atoms with Crippen LogP contribution in [0.25, 0.3) is 0 Å². The molecule has 0 heterocycles. The number of hydrogen-bond donors (Lipinski definition) is 2. The van der Waals surface area contributed by atoms with Gasteiger partial charge in [-0.25, -0.2) is 13.1 Å². The van der Waals surface area contributed by atoms with Crippen LogP contribution in [0.1, 0.15) is 11.1 Å². The number of rotatable bonds is 8. The molecule has 1 rings (SSSR count). The fraction of sp³-hybridized carbons (Fsp3) is 0.538. The molecule has 6 nitrogen and oxygen atoms in total. The van der Waals surface area contributed by atoms with E-state index in [0.29, 0.717) is 11.1 Å². The fourth-order valence-electron chi connectivity index (χ4n) is 1.80. The highest BCUT2D eigenvalue weighted by Gasteiger charge is 2.21. The zero-order valence-corrected chi connectivity index (χ0v) is 14.8. The molecule has 0 saturated carbocycles. The summed E-state index contributed by atoms with van der Waals surface area (Å²) in [4.78, 5) is 0.176. The third-order valence-electron chi connectivity index (χ3n) is 2.99. The summed E-state index contributed by atoms with van der Waals surface area (Å²) in [6.07, 6.45) is -0.345. The second-order valence-corrected chi connectivity index (χ2v) is 7.12. The number of nitrogens with two attached hydrogens (primary N) is 1. The van der Waals surface area contributed by atoms with E-state index < -0.39 is 10.0 Å². The van der Waals surface area contributed by atoms with Crippen molar-refractivity contribution in [1.29, 1.82) is 0 Å². The van der Waals surface area contributed by atoms with Crippen molar-refractivity contribution in [2.24, 2.45) is 5.73 Å². The molecular formula is C13H21BrN2O4S. The monoisotopic (exact) mass is 380 g/mol. The van der Waals surface area contributed by atoms with Gasteiger partial charge in [0, 0.05) is 31.8 Å². The second kappa shape index (κ2) is 8.21. The molecule has 0 bridgehead atoms. The number of ether oxygens (including phenoxy) is 2. The number of nitrogens with one attached hydrogen (secondary N) is 1. The standard InChI is InChI=1S/C13H21BrN2O4S/c1-9-4-10(6-15)5-12(13(9)14)21(17,18)16-7-11(20-3)8-19-2/h4-5,11,16H,6-8,15H2,1-3H3. The van der Waals surface area contributed by atoms with Gasteiger partial charge < -0.3 is 15.2 Å². The number of halogens is 1. The Morgan fingerprint density at radius 3 is 2.57 bits per heavy atom. The molecule has 0 fully saturated rings. The Hall–Kier alpha value is -0.510. The predicted octanol–water partition coefficient (Wildman–Crippen LogP) is 1.16. The minimum absolute atomic E-state index is 0.130. The number of sulfonamides is 1. The average molecular weight is 381 g/mol. The van der Waals surface area contributed by atoms with Crippen LogP contribution in [0.15, 0.2) is 21.5 Å². The van der Waals surface area contributed by atoms with Gasteiger partial charge in [-0.05, 0) is 40.0 Å². The lowest BCUT2D eigenvalue weighted by Gasteiger charge is -2.16. The molecule has 1 aromatic rings. The summed E-state index contributed by atoms with van der Waals surface area (Å²) in [6.45, 7) is 2.54. The van der Waals surface area contributed by atoms with Crippen molar-refractivity contribution in [3.05, 3.63) is 27.7 Å². The van der Waals surface area contributed by atoms with Crippen molar-refractivity contribution >= 4 is 26.0 Å². The SMILES string of the molecule is COCC(CNS(=O)(=O)c1cc(CN)cc(C)c1Br)OC. The topological polar surface area (TPSA) is 90.7 Å². The van der Waals surface area contributed by atoms with E-state index in [2.05, 4.69) is 20.7 Å². The normalized spacial score (nSPS) is 13.4. The van der Waals surface area contributed by atoms with Gasteiger partial charge in [-0.2, -0.15) is 0 Å². The van der Waals surface area contributed by atoms with E-state index in [0.717, 1.165) is 11.1 Å². The minimum Gasteiger partial charge on any atom is -0.382 e. The maximum absolute atomic E-state index is 12.4. The molecule has 1 aromatic carbocycles. The van der Waals surface area contributed by atoms with Crippen molar-refractivity contribution in [1.82, 2.24) is 4.72 Å². The molecule has 0 amide bonds. The van der Waals surface area contributed by atoms with Crippen LogP contribution in [0.5, 0.6) is 0 Å². The van der Waals surface area contributed by atoms with Crippen molar-refractivity contribution in [2.45, 2.75) is 24.5 Å². The third kappa shape index (κ3) is 5.01. The molecule has 0 aliphatic rings. The quantitative estimate of drug-likeness (QED) is 0.705. The van der Waals surface area contributed by atoms with Crippen LogP contribution in [0.4, 0.5) is 0 Å². The summed E-state index contributed by atoms with van der Waals surface area (Å²) in [7, 11) is -0.618. The van der Waals surface area contributed by atoms with Crippen molar-refractivity contribution in [3.8, 4) is 0 Å². The number of methoxy groups -OCH3 is 2. The van der Waals surface area contributed by atoms with Gasteiger partial charge in [-0.1, -0.05) is 6.07 Å². The van der Waals surface area contributed by atoms with E-state index in [9.17, 15) is 8.42 Å². The molecule has 120 valence electrons. The summed E-state index contributed by atoms with van der Waals surface area (Å²) >= 11 is 3.32. The number of hydrogen-bond acceptors (Lipinski definition) is 5. The van der Waals surface area contributed by atoms with Crippen LogP contribution >= 0.6 is 15.9 Å². The Kier molecular flexibility index (Phi) is 7.25. The summed E-state index contributed by atoms with van der Waals surface area (Å²) < 4.78 is 38.0. The van der Waals surface area contributed by atoms with Gasteiger partial charge in [0.05, 0.1) is 17.6 Å². The number of aryl methyl sites for hydroxylation is 1. The maximum atomic E-state index is 12.4. The van der Waals surface area contributed by atoms with Crippen molar-refractivity contribution < 1.29 is 17.9 Å². The third-order valence-corrected chi connectivity index (χ3v) is 5.76. The van der Waals surface area contributed by atoms with Crippen LogP contribution in [0, 0.1) is 6.92 Å². The Balaban J connectivity index is 3.00. The Labute approximate surface area is 134 Å². The van der Waals surface area contributed by atoms with Crippen LogP contribution in [-0.4, -0.2) is 41.9 Å². The molecule has 1 atom stereocenters. The summed E-state index contributed by atoms with van der Waals surface area (Å²) in [6, 6.07) is 3.42. The van der Waals surface area contributed by atoms with Gasteiger partial charge in [0.15, 0.2) is 0 Å². The fourth-order valence-corrected chi connectivity index (χ4v) is 3.93.